The van der Waals surface area contributed by atoms with Crippen LogP contribution in [0.4, 0.5) is 18.9 Å². The molecule has 2 aromatic heterocycles. The Labute approximate surface area is 205 Å². The van der Waals surface area contributed by atoms with E-state index in [-0.39, 0.29) is 23.2 Å². The number of pyridine rings is 1. The number of nitrogens with zero attached hydrogens (tertiary/aromatic N) is 4. The van der Waals surface area contributed by atoms with Crippen LogP contribution in [-0.4, -0.2) is 39.6 Å². The zero-order valence-electron chi connectivity index (χ0n) is 19.7. The molecule has 0 saturated heterocycles. The fraction of sp³-hybridized carbons (Fsp3) is 0.231. The van der Waals surface area contributed by atoms with Crippen molar-refractivity contribution in [1.82, 2.24) is 20.0 Å². The number of hydrogen-bond donors (Lipinski definition) is 1. The predicted molar refractivity (Wildman–Crippen MR) is 129 cm³/mol. The number of rotatable bonds is 8. The van der Waals surface area contributed by atoms with Gasteiger partial charge in [0.1, 0.15) is 5.69 Å². The predicted octanol–water partition coefficient (Wildman–Crippen LogP) is 5.49. The van der Waals surface area contributed by atoms with Gasteiger partial charge in [-0.1, -0.05) is 17.3 Å². The fourth-order valence-corrected chi connectivity index (χ4v) is 3.77. The van der Waals surface area contributed by atoms with Crippen LogP contribution in [0.1, 0.15) is 33.5 Å². The van der Waals surface area contributed by atoms with E-state index in [0.29, 0.717) is 24.4 Å². The van der Waals surface area contributed by atoms with Gasteiger partial charge in [0.15, 0.2) is 0 Å². The largest absolute Gasteiger partial charge is 0.416 e. The van der Waals surface area contributed by atoms with Crippen molar-refractivity contribution in [2.24, 2.45) is 0 Å². The quantitative estimate of drug-likeness (QED) is 0.327. The maximum absolute atomic E-state index is 13.6. The van der Waals surface area contributed by atoms with Crippen LogP contribution in [-0.2, 0) is 17.3 Å². The summed E-state index contributed by atoms with van der Waals surface area (Å²) in [5, 5.41) is 10.9. The number of anilines is 1. The summed E-state index contributed by atoms with van der Waals surface area (Å²) in [5.74, 6) is -0.538. The molecule has 36 heavy (non-hydrogen) atoms. The van der Waals surface area contributed by atoms with Gasteiger partial charge in [0.25, 0.3) is 5.91 Å². The molecule has 0 atom stereocenters. The first-order valence-corrected chi connectivity index (χ1v) is 11.2. The van der Waals surface area contributed by atoms with Crippen LogP contribution in [0.15, 0.2) is 67.1 Å². The Bertz CT molecular complexity index is 1350. The molecule has 1 amide bonds. The zero-order valence-corrected chi connectivity index (χ0v) is 19.7. The van der Waals surface area contributed by atoms with Crippen LogP contribution >= 0.6 is 0 Å². The van der Waals surface area contributed by atoms with Gasteiger partial charge in [-0.3, -0.25) is 9.78 Å². The third kappa shape index (κ3) is 5.77. The Morgan fingerprint density at radius 1 is 1.14 bits per heavy atom. The van der Waals surface area contributed by atoms with Crippen molar-refractivity contribution in [1.29, 1.82) is 0 Å². The van der Waals surface area contributed by atoms with Gasteiger partial charge in [-0.25, -0.2) is 4.68 Å². The summed E-state index contributed by atoms with van der Waals surface area (Å²) in [7, 11) is 1.50. The number of nitrogens with one attached hydrogen (secondary N) is 1. The molecule has 0 aliphatic heterocycles. The van der Waals surface area contributed by atoms with Gasteiger partial charge in [-0.2, -0.15) is 13.2 Å². The minimum absolute atomic E-state index is 0.0598. The lowest BCUT2D eigenvalue weighted by Gasteiger charge is -2.15. The van der Waals surface area contributed by atoms with Crippen molar-refractivity contribution >= 4 is 11.6 Å². The molecule has 0 unspecified atom stereocenters. The van der Waals surface area contributed by atoms with E-state index in [1.807, 2.05) is 13.0 Å². The van der Waals surface area contributed by atoms with E-state index in [1.165, 1.54) is 19.2 Å². The molecule has 4 rings (SSSR count). The Hall–Kier alpha value is -4.05. The summed E-state index contributed by atoms with van der Waals surface area (Å²) in [6.07, 6.45) is 1.19. The standard InChI is InChI=1S/C26H24F3N5O2/c1-17-7-8-19(13-24(17)34-16-23(32-33-34)20-5-3-11-30-15-20)25(35)31-21-10-9-18(6-4-12-36-2)22(14-21)26(27,28)29/h3,5,7-11,13-16H,4,6,12H2,1-2H3,(H,31,35). The molecule has 2 heterocycles. The second-order valence-corrected chi connectivity index (χ2v) is 8.21. The molecule has 1 N–H and O–H groups in total. The first kappa shape index (κ1) is 25.1. The summed E-state index contributed by atoms with van der Waals surface area (Å²) in [5.41, 5.74) is 2.58. The van der Waals surface area contributed by atoms with E-state index in [0.717, 1.165) is 17.2 Å². The van der Waals surface area contributed by atoms with Gasteiger partial charge in [-0.15, -0.1) is 5.10 Å². The molecular formula is C26H24F3N5O2. The van der Waals surface area contributed by atoms with Crippen molar-refractivity contribution in [3.8, 4) is 16.9 Å². The molecule has 0 bridgehead atoms. The molecule has 186 valence electrons. The monoisotopic (exact) mass is 495 g/mol. The van der Waals surface area contributed by atoms with E-state index in [4.69, 9.17) is 4.74 Å². The van der Waals surface area contributed by atoms with Crippen molar-refractivity contribution in [2.75, 3.05) is 19.0 Å². The van der Waals surface area contributed by atoms with Gasteiger partial charge in [-0.05, 0) is 67.3 Å². The maximum Gasteiger partial charge on any atom is 0.416 e. The van der Waals surface area contributed by atoms with Crippen LogP contribution in [0.2, 0.25) is 0 Å². The van der Waals surface area contributed by atoms with Crippen molar-refractivity contribution < 1.29 is 22.7 Å². The molecule has 0 fully saturated rings. The number of carbonyl (C=O) groups is 1. The number of amides is 1. The highest BCUT2D eigenvalue weighted by Crippen LogP contribution is 2.34. The Kier molecular flexibility index (Phi) is 7.44. The number of methoxy groups -OCH3 is 1. The number of ether oxygens (including phenoxy) is 1. The first-order chi connectivity index (χ1) is 17.3. The molecule has 0 spiro atoms. The van der Waals surface area contributed by atoms with E-state index < -0.39 is 17.6 Å². The van der Waals surface area contributed by atoms with Gasteiger partial charge in [0.05, 0.1) is 17.4 Å². The number of alkyl halides is 3. The average molecular weight is 496 g/mol. The van der Waals surface area contributed by atoms with Gasteiger partial charge in [0, 0.05) is 42.9 Å². The van der Waals surface area contributed by atoms with Crippen molar-refractivity contribution in [3.63, 3.8) is 0 Å². The minimum atomic E-state index is -4.54. The molecule has 4 aromatic rings. The van der Waals surface area contributed by atoms with Crippen LogP contribution in [0, 0.1) is 6.92 Å². The second-order valence-electron chi connectivity index (χ2n) is 8.21. The topological polar surface area (TPSA) is 81.9 Å². The summed E-state index contributed by atoms with van der Waals surface area (Å²) >= 11 is 0. The SMILES string of the molecule is COCCCc1ccc(NC(=O)c2ccc(C)c(-n3cc(-c4cccnc4)nn3)c2)cc1C(F)(F)F. The number of halogens is 3. The third-order valence-corrected chi connectivity index (χ3v) is 5.64. The minimum Gasteiger partial charge on any atom is -0.385 e. The van der Waals surface area contributed by atoms with Crippen LogP contribution in [0.3, 0.4) is 0 Å². The second kappa shape index (κ2) is 10.7. The number of aromatic nitrogens is 4. The molecule has 7 nitrogen and oxygen atoms in total. The maximum atomic E-state index is 13.6. The summed E-state index contributed by atoms with van der Waals surface area (Å²) in [4.78, 5) is 17.0. The average Bonchev–Trinajstić information content (AvgIpc) is 3.35. The molecule has 0 radical (unpaired) electrons. The number of benzene rings is 2. The zero-order chi connectivity index (χ0) is 25.7. The van der Waals surface area contributed by atoms with Gasteiger partial charge >= 0.3 is 6.18 Å². The van der Waals surface area contributed by atoms with Crippen LogP contribution in [0.5, 0.6) is 0 Å². The van der Waals surface area contributed by atoms with E-state index in [2.05, 4.69) is 20.6 Å². The van der Waals surface area contributed by atoms with Crippen molar-refractivity contribution in [3.05, 3.63) is 89.4 Å². The lowest BCUT2D eigenvalue weighted by molar-refractivity contribution is -0.138. The molecule has 0 saturated carbocycles. The number of aryl methyl sites for hydroxylation is 2. The molecule has 0 aliphatic rings. The van der Waals surface area contributed by atoms with E-state index in [9.17, 15) is 18.0 Å². The molecular weight excluding hydrogens is 471 g/mol. The van der Waals surface area contributed by atoms with Gasteiger partial charge < -0.3 is 10.1 Å². The van der Waals surface area contributed by atoms with E-state index in [1.54, 1.807) is 47.5 Å². The number of carbonyl (C=O) groups excluding carboxylic acids is 1. The smallest absolute Gasteiger partial charge is 0.385 e. The Balaban J connectivity index is 1.57. The molecule has 0 aliphatic carbocycles. The normalized spacial score (nSPS) is 11.5. The van der Waals surface area contributed by atoms with Crippen LogP contribution in [0.25, 0.3) is 16.9 Å². The molecule has 10 heteroatoms. The highest BCUT2D eigenvalue weighted by atomic mass is 19.4. The first-order valence-electron chi connectivity index (χ1n) is 11.2. The van der Waals surface area contributed by atoms with Crippen LogP contribution < -0.4 is 5.32 Å². The fourth-order valence-electron chi connectivity index (χ4n) is 3.77. The highest BCUT2D eigenvalue weighted by molar-refractivity contribution is 6.04. The lowest BCUT2D eigenvalue weighted by Crippen LogP contribution is -2.15. The van der Waals surface area contributed by atoms with E-state index >= 15 is 0 Å². The molecule has 2 aromatic carbocycles. The summed E-state index contributed by atoms with van der Waals surface area (Å²) < 4.78 is 47.4. The lowest BCUT2D eigenvalue weighted by atomic mass is 10.0. The van der Waals surface area contributed by atoms with Gasteiger partial charge in [0.2, 0.25) is 0 Å². The number of hydrogen-bond acceptors (Lipinski definition) is 5. The van der Waals surface area contributed by atoms with Crippen molar-refractivity contribution in [2.45, 2.75) is 25.9 Å². The Morgan fingerprint density at radius 2 is 1.97 bits per heavy atom. The third-order valence-electron chi connectivity index (χ3n) is 5.64. The highest BCUT2D eigenvalue weighted by Gasteiger charge is 2.33. The summed E-state index contributed by atoms with van der Waals surface area (Å²) in [6.45, 7) is 2.22. The Morgan fingerprint density at radius 3 is 2.69 bits per heavy atom. The summed E-state index contributed by atoms with van der Waals surface area (Å²) in [6, 6.07) is 12.5.